The lowest BCUT2D eigenvalue weighted by molar-refractivity contribution is -0.0520. The zero-order valence-electron chi connectivity index (χ0n) is 19.2. The van der Waals surface area contributed by atoms with Gasteiger partial charge >= 0.3 is 27.3 Å². The molecule has 1 aliphatic rings. The summed E-state index contributed by atoms with van der Waals surface area (Å²) in [5, 5.41) is 13.8. The first-order chi connectivity index (χ1) is 17.8. The van der Waals surface area contributed by atoms with Crippen molar-refractivity contribution < 1.29 is 52.0 Å². The number of aromatic nitrogens is 4. The van der Waals surface area contributed by atoms with E-state index < -0.39 is 64.0 Å². The number of phosphoric acid groups is 2. The van der Waals surface area contributed by atoms with Crippen LogP contribution in [0.25, 0.3) is 11.2 Å². The Morgan fingerprint density at radius 3 is 2.61 bits per heavy atom. The van der Waals surface area contributed by atoms with Crippen LogP contribution in [0.2, 0.25) is 0 Å². The number of H-pyrrole nitrogens is 2. The molecule has 3 heterocycles. The molecule has 0 bridgehead atoms. The van der Waals surface area contributed by atoms with Crippen molar-refractivity contribution in [1.29, 1.82) is 0 Å². The maximum atomic E-state index is 12.9. The maximum Gasteiger partial charge on any atom is 0.481 e. The van der Waals surface area contributed by atoms with E-state index in [0.717, 1.165) is 10.9 Å². The molecule has 1 fully saturated rings. The predicted octanol–water partition coefficient (Wildman–Crippen LogP) is -0.835. The number of carbonyl (C=O) groups excluding carboxylic acids is 1. The van der Waals surface area contributed by atoms with Crippen molar-refractivity contribution >= 4 is 38.5 Å². The van der Waals surface area contributed by atoms with Gasteiger partial charge in [-0.05, 0) is 12.1 Å². The van der Waals surface area contributed by atoms with Crippen LogP contribution in [0, 0.1) is 0 Å². The van der Waals surface area contributed by atoms with E-state index in [4.69, 9.17) is 19.3 Å². The van der Waals surface area contributed by atoms with Crippen molar-refractivity contribution in [1.82, 2.24) is 19.5 Å². The number of nitrogens with zero attached hydrogens (tertiary/aromatic N) is 2. The normalized spacial score (nSPS) is 23.3. The molecule has 1 saturated heterocycles. The number of hydrogen-bond acceptors (Lipinski definition) is 12. The molecule has 7 N–H and O–H groups in total. The number of ether oxygens (including phenoxy) is 2. The summed E-state index contributed by atoms with van der Waals surface area (Å²) in [5.74, 6) is -0.938. The number of aliphatic hydroxyl groups excluding tert-OH is 1. The second-order valence-corrected chi connectivity index (χ2v) is 10.6. The van der Waals surface area contributed by atoms with Crippen molar-refractivity contribution in [2.75, 3.05) is 19.0 Å². The average Bonchev–Trinajstić information content (AvgIpc) is 3.37. The van der Waals surface area contributed by atoms with Gasteiger partial charge in [0.15, 0.2) is 17.8 Å². The second-order valence-electron chi connectivity index (χ2n) is 7.82. The summed E-state index contributed by atoms with van der Waals surface area (Å²) in [6, 6.07) is 6.20. The number of rotatable bonds is 9. The Morgan fingerprint density at radius 2 is 1.92 bits per heavy atom. The Kier molecular flexibility index (Phi) is 7.72. The van der Waals surface area contributed by atoms with Crippen molar-refractivity contribution in [3.8, 4) is 0 Å². The first kappa shape index (κ1) is 27.8. The van der Waals surface area contributed by atoms with Gasteiger partial charge in [-0.3, -0.25) is 23.9 Å². The molecule has 4 rings (SSSR count). The average molecular weight is 577 g/mol. The molecule has 38 heavy (non-hydrogen) atoms. The van der Waals surface area contributed by atoms with Crippen LogP contribution in [0.15, 0.2) is 40.2 Å². The molecule has 0 aliphatic carbocycles. The summed E-state index contributed by atoms with van der Waals surface area (Å²) in [5.41, 5.74) is -1.66. The summed E-state index contributed by atoms with van der Waals surface area (Å²) in [6.45, 7) is -0.962. The highest BCUT2D eigenvalue weighted by Crippen LogP contribution is 2.57. The number of aliphatic hydroxyl groups is 1. The molecule has 206 valence electrons. The van der Waals surface area contributed by atoms with E-state index in [1.165, 1.54) is 6.07 Å². The SMILES string of the molecule is CNc1ccccc1C(=O)O[C@H]1[C@@H](O)[C@H](n2cnc3c(=O)[nH]c(=O)[nH]c32)O[C@@H]1COP(=O)(O)OP(=O)(O)O. The molecular weight excluding hydrogens is 556 g/mol. The molecule has 2 aromatic heterocycles. The molecule has 3 aromatic rings. The van der Waals surface area contributed by atoms with Crippen LogP contribution in [0.1, 0.15) is 16.6 Å². The molecule has 5 atom stereocenters. The number of anilines is 1. The van der Waals surface area contributed by atoms with Crippen LogP contribution < -0.4 is 16.6 Å². The molecule has 18 nitrogen and oxygen atoms in total. The van der Waals surface area contributed by atoms with Crippen molar-refractivity contribution in [3.63, 3.8) is 0 Å². The van der Waals surface area contributed by atoms with Gasteiger partial charge in [0.05, 0.1) is 18.5 Å². The Balaban J connectivity index is 1.66. The molecular formula is C18H21N5O13P2. The van der Waals surface area contributed by atoms with Crippen molar-refractivity contribution in [2.45, 2.75) is 24.5 Å². The predicted molar refractivity (Wildman–Crippen MR) is 125 cm³/mol. The summed E-state index contributed by atoms with van der Waals surface area (Å²) in [7, 11) is -9.22. The van der Waals surface area contributed by atoms with Gasteiger partial charge in [-0.2, -0.15) is 4.31 Å². The lowest BCUT2D eigenvalue weighted by Gasteiger charge is -2.22. The summed E-state index contributed by atoms with van der Waals surface area (Å²) in [6.07, 6.45) is -5.28. The van der Waals surface area contributed by atoms with E-state index in [2.05, 4.69) is 24.1 Å². The van der Waals surface area contributed by atoms with E-state index in [1.54, 1.807) is 25.2 Å². The molecule has 0 saturated carbocycles. The number of hydrogen-bond donors (Lipinski definition) is 7. The number of nitrogens with one attached hydrogen (secondary N) is 3. The summed E-state index contributed by atoms with van der Waals surface area (Å²) < 4.78 is 43.4. The lowest BCUT2D eigenvalue weighted by Crippen LogP contribution is -2.38. The molecule has 1 aliphatic heterocycles. The number of aromatic amines is 2. The zero-order chi connectivity index (χ0) is 27.8. The van der Waals surface area contributed by atoms with Gasteiger partial charge in [-0.15, -0.1) is 0 Å². The van der Waals surface area contributed by atoms with Gasteiger partial charge in [-0.25, -0.2) is 23.7 Å². The minimum Gasteiger partial charge on any atom is -0.453 e. The number of benzene rings is 1. The number of carbonyl (C=O) groups is 1. The summed E-state index contributed by atoms with van der Waals surface area (Å²) >= 11 is 0. The number of phosphoric ester groups is 1. The van der Waals surface area contributed by atoms with Crippen LogP contribution in [0.4, 0.5) is 5.69 Å². The zero-order valence-corrected chi connectivity index (χ0v) is 20.9. The van der Waals surface area contributed by atoms with Gasteiger partial charge in [-0.1, -0.05) is 12.1 Å². The maximum absolute atomic E-state index is 12.9. The van der Waals surface area contributed by atoms with E-state index in [-0.39, 0.29) is 16.7 Å². The number of fused-ring (bicyclic) bond motifs is 1. The third-order valence-corrected chi connectivity index (χ3v) is 7.47. The highest BCUT2D eigenvalue weighted by Gasteiger charge is 2.49. The number of esters is 1. The smallest absolute Gasteiger partial charge is 0.453 e. The molecule has 1 unspecified atom stereocenters. The van der Waals surface area contributed by atoms with Gasteiger partial charge < -0.3 is 34.6 Å². The van der Waals surface area contributed by atoms with E-state index in [1.807, 2.05) is 4.98 Å². The summed E-state index contributed by atoms with van der Waals surface area (Å²) in [4.78, 5) is 72.2. The second kappa shape index (κ2) is 10.5. The molecule has 0 radical (unpaired) electrons. The highest BCUT2D eigenvalue weighted by atomic mass is 31.3. The first-order valence-electron chi connectivity index (χ1n) is 10.5. The van der Waals surface area contributed by atoms with Crippen LogP contribution >= 0.6 is 15.6 Å². The Morgan fingerprint density at radius 1 is 1.21 bits per heavy atom. The standard InChI is InChI=1S/C18H21N5O13P2/c1-19-9-5-3-2-4-8(9)17(26)35-13-10(6-33-38(31,32)36-37(28,29)30)34-16(12(13)24)23-7-20-11-14(23)21-18(27)22-15(11)25/h2-5,7,10,12-13,16,19,24H,6H2,1H3,(H,31,32)(H2,28,29,30)(H2,21,22,25,27)/t10-,12-,13-,16-/m1/s1. The van der Waals surface area contributed by atoms with Crippen LogP contribution in [0.5, 0.6) is 0 Å². The number of para-hydroxylation sites is 1. The topological polar surface area (TPSA) is 265 Å². The van der Waals surface area contributed by atoms with Gasteiger partial charge in [0.25, 0.3) is 5.56 Å². The quantitative estimate of drug-likeness (QED) is 0.121. The van der Waals surface area contributed by atoms with Crippen molar-refractivity contribution in [3.05, 3.63) is 57.0 Å². The van der Waals surface area contributed by atoms with E-state index in [0.29, 0.717) is 5.69 Å². The molecule has 0 amide bonds. The monoisotopic (exact) mass is 577 g/mol. The Labute approximate surface area is 211 Å². The van der Waals surface area contributed by atoms with Gasteiger partial charge in [0.2, 0.25) is 0 Å². The number of imidazole rings is 1. The fourth-order valence-electron chi connectivity index (χ4n) is 3.77. The fraction of sp³-hybridized carbons (Fsp3) is 0.333. The lowest BCUT2D eigenvalue weighted by atomic mass is 10.1. The third-order valence-electron chi connectivity index (χ3n) is 5.32. The fourth-order valence-corrected chi connectivity index (χ4v) is 5.37. The first-order valence-corrected chi connectivity index (χ1v) is 13.6. The van der Waals surface area contributed by atoms with Crippen molar-refractivity contribution in [2.24, 2.45) is 0 Å². The van der Waals surface area contributed by atoms with E-state index >= 15 is 0 Å². The molecule has 20 heteroatoms. The third kappa shape index (κ3) is 5.94. The minimum atomic E-state index is -5.44. The Bertz CT molecular complexity index is 1560. The van der Waals surface area contributed by atoms with Crippen LogP contribution in [-0.4, -0.2) is 77.2 Å². The molecule has 1 aromatic carbocycles. The van der Waals surface area contributed by atoms with Gasteiger partial charge in [0.1, 0.15) is 17.9 Å². The molecule has 0 spiro atoms. The van der Waals surface area contributed by atoms with E-state index in [9.17, 15) is 33.5 Å². The van der Waals surface area contributed by atoms with Crippen LogP contribution in [-0.2, 0) is 27.4 Å². The minimum absolute atomic E-state index is 0.0620. The van der Waals surface area contributed by atoms with Gasteiger partial charge in [0, 0.05) is 12.7 Å². The van der Waals surface area contributed by atoms with Crippen LogP contribution in [0.3, 0.4) is 0 Å². The highest BCUT2D eigenvalue weighted by molar-refractivity contribution is 7.60. The largest absolute Gasteiger partial charge is 0.481 e. The Hall–Kier alpha value is -3.18.